The lowest BCUT2D eigenvalue weighted by atomic mass is 9.51. The molecule has 2 aromatic rings. The minimum absolute atomic E-state index is 0.00443. The highest BCUT2D eigenvalue weighted by Gasteiger charge is 2.67. The van der Waals surface area contributed by atoms with Crippen molar-refractivity contribution in [3.63, 3.8) is 0 Å². The fourth-order valence-electron chi connectivity index (χ4n) is 9.30. The molecular weight excluding hydrogens is 540 g/mol. The number of hydrogen-bond donors (Lipinski definition) is 1. The van der Waals surface area contributed by atoms with Crippen molar-refractivity contribution in [2.24, 2.45) is 11.8 Å². The maximum absolute atomic E-state index is 14.0. The molecule has 2 heterocycles. The molecule has 2 bridgehead atoms. The van der Waals surface area contributed by atoms with Crippen LogP contribution in [-0.2, 0) is 16.6 Å². The number of ether oxygens (including phenoxy) is 2. The second-order valence-corrected chi connectivity index (χ2v) is 13.9. The lowest BCUT2D eigenvalue weighted by molar-refractivity contribution is -0.146. The van der Waals surface area contributed by atoms with Crippen LogP contribution in [0.2, 0.25) is 0 Å². The Morgan fingerprint density at radius 2 is 1.88 bits per heavy atom. The largest absolute Gasteiger partial charge is 0.493 e. The van der Waals surface area contributed by atoms with Crippen molar-refractivity contribution in [3.8, 4) is 11.5 Å². The average molecular weight is 587 g/mol. The molecule has 7 atom stereocenters. The van der Waals surface area contributed by atoms with E-state index in [9.17, 15) is 14.7 Å². The molecule has 7 rings (SSSR count). The highest BCUT2D eigenvalue weighted by atomic mass is 16.5. The zero-order valence-corrected chi connectivity index (χ0v) is 25.8. The van der Waals surface area contributed by atoms with Gasteiger partial charge in [0.05, 0.1) is 19.3 Å². The third-order valence-electron chi connectivity index (χ3n) is 11.3. The zero-order chi connectivity index (χ0) is 29.9. The summed E-state index contributed by atoms with van der Waals surface area (Å²) in [5.74, 6) is 2.89. The van der Waals surface area contributed by atoms with Crippen molar-refractivity contribution in [2.45, 2.75) is 107 Å². The summed E-state index contributed by atoms with van der Waals surface area (Å²) in [5, 5.41) is 10.1. The highest BCUT2D eigenvalue weighted by molar-refractivity contribution is 5.95. The topological polar surface area (TPSA) is 79.3 Å². The maximum atomic E-state index is 14.0. The molecule has 2 aliphatic heterocycles. The van der Waals surface area contributed by atoms with E-state index in [2.05, 4.69) is 35.8 Å². The van der Waals surface area contributed by atoms with Crippen LogP contribution in [0.1, 0.15) is 86.7 Å². The first kappa shape index (κ1) is 28.8. The maximum Gasteiger partial charge on any atom is 0.223 e. The zero-order valence-electron chi connectivity index (χ0n) is 25.8. The molecule has 3 fully saturated rings. The Morgan fingerprint density at radius 3 is 2.60 bits per heavy atom. The molecule has 1 spiro atoms. The van der Waals surface area contributed by atoms with E-state index in [0.717, 1.165) is 62.3 Å². The van der Waals surface area contributed by atoms with Crippen LogP contribution in [0.4, 0.5) is 0 Å². The predicted molar refractivity (Wildman–Crippen MR) is 165 cm³/mol. The molecule has 230 valence electrons. The second-order valence-electron chi connectivity index (χ2n) is 13.9. The number of aliphatic hydroxyl groups excluding tert-OH is 1. The average Bonchev–Trinajstić information content (AvgIpc) is 3.59. The van der Waals surface area contributed by atoms with Crippen LogP contribution in [0.3, 0.4) is 0 Å². The van der Waals surface area contributed by atoms with Gasteiger partial charge < -0.3 is 19.5 Å². The first-order chi connectivity index (χ1) is 20.8. The Hall–Kier alpha value is -2.90. The third kappa shape index (κ3) is 4.78. The van der Waals surface area contributed by atoms with Crippen LogP contribution < -0.4 is 9.47 Å². The standard InChI is InChI=1S/C36H46N2O5/c1-22(2)38(32(41)12-8-7-11-29(39)23-9-5-4-6-10-23)27-15-14-26-28-19-24-13-16-31(42-3)34-33(24)36(26,35(27)43-34)17-18-37(28)21-25-20-30(25)40/h4-6,9-10,13,16,22,25-28,30,35,40H,7-8,11-12,14-15,17-21H2,1-3H3/t25?,26-,27-,28+,30?,35-,36-/m0/s1. The van der Waals surface area contributed by atoms with Gasteiger partial charge in [-0.3, -0.25) is 14.5 Å². The number of hydrogen-bond acceptors (Lipinski definition) is 6. The molecule has 7 heteroatoms. The van der Waals surface area contributed by atoms with Crippen molar-refractivity contribution in [1.29, 1.82) is 0 Å². The number of unbranched alkanes of at least 4 members (excludes halogenated alkanes) is 1. The lowest BCUT2D eigenvalue weighted by Gasteiger charge is -2.61. The van der Waals surface area contributed by atoms with Gasteiger partial charge in [-0.05, 0) is 82.9 Å². The lowest BCUT2D eigenvalue weighted by Crippen LogP contribution is -2.69. The summed E-state index contributed by atoms with van der Waals surface area (Å²) in [5.41, 5.74) is 3.34. The Kier molecular flexibility index (Phi) is 7.53. The smallest absolute Gasteiger partial charge is 0.223 e. The van der Waals surface area contributed by atoms with Gasteiger partial charge in [-0.1, -0.05) is 36.4 Å². The van der Waals surface area contributed by atoms with Gasteiger partial charge in [0.1, 0.15) is 6.10 Å². The van der Waals surface area contributed by atoms with Gasteiger partial charge in [0.15, 0.2) is 17.3 Å². The molecule has 0 radical (unpaired) electrons. The van der Waals surface area contributed by atoms with E-state index in [0.29, 0.717) is 43.6 Å². The number of Topliss-reactive ketones (excluding diaryl/α,β-unsaturated/α-hetero) is 1. The van der Waals surface area contributed by atoms with E-state index >= 15 is 0 Å². The summed E-state index contributed by atoms with van der Waals surface area (Å²) in [7, 11) is 1.72. The summed E-state index contributed by atoms with van der Waals surface area (Å²) in [6.07, 6.45) is 7.03. The third-order valence-corrected chi connectivity index (χ3v) is 11.3. The molecule has 1 N–H and O–H groups in total. The van der Waals surface area contributed by atoms with E-state index in [-0.39, 0.29) is 41.4 Å². The summed E-state index contributed by atoms with van der Waals surface area (Å²) in [6, 6.07) is 14.2. The number of rotatable bonds is 11. The summed E-state index contributed by atoms with van der Waals surface area (Å²) in [4.78, 5) is 31.3. The van der Waals surface area contributed by atoms with E-state index in [4.69, 9.17) is 9.47 Å². The number of amides is 1. The Bertz CT molecular complexity index is 1380. The number of benzene rings is 2. The van der Waals surface area contributed by atoms with Crippen LogP contribution in [0.5, 0.6) is 11.5 Å². The van der Waals surface area contributed by atoms with Crippen molar-refractivity contribution < 1.29 is 24.2 Å². The van der Waals surface area contributed by atoms with E-state index in [1.54, 1.807) is 7.11 Å². The molecule has 2 aromatic carbocycles. The quantitative estimate of drug-likeness (QED) is 0.289. The number of nitrogens with zero attached hydrogens (tertiary/aromatic N) is 2. The van der Waals surface area contributed by atoms with Gasteiger partial charge in [0.2, 0.25) is 5.91 Å². The number of methoxy groups -OCH3 is 1. The molecule has 1 saturated heterocycles. The Morgan fingerprint density at radius 1 is 1.12 bits per heavy atom. The predicted octanol–water partition coefficient (Wildman–Crippen LogP) is 5.16. The molecule has 5 aliphatic rings. The highest BCUT2D eigenvalue weighted by Crippen LogP contribution is 2.64. The molecule has 1 amide bonds. The Labute approximate surface area is 255 Å². The minimum Gasteiger partial charge on any atom is -0.493 e. The molecule has 2 unspecified atom stereocenters. The van der Waals surface area contributed by atoms with Gasteiger partial charge in [-0.2, -0.15) is 0 Å². The number of carbonyl (C=O) groups is 2. The van der Waals surface area contributed by atoms with Crippen LogP contribution in [-0.4, -0.2) is 77.1 Å². The SMILES string of the molecule is COc1ccc2c3c1O[C@H]1[C@@H](N(C(=O)CCCCC(=O)c4ccccc4)C(C)C)CC[C@H]4[C@@H](C2)N(CC2CC2O)CC[C@@]341. The van der Waals surface area contributed by atoms with Crippen molar-refractivity contribution in [2.75, 3.05) is 20.2 Å². The monoisotopic (exact) mass is 586 g/mol. The van der Waals surface area contributed by atoms with Crippen molar-refractivity contribution in [1.82, 2.24) is 9.80 Å². The number of aliphatic hydroxyl groups is 1. The van der Waals surface area contributed by atoms with Crippen molar-refractivity contribution in [3.05, 3.63) is 59.2 Å². The minimum atomic E-state index is -0.136. The van der Waals surface area contributed by atoms with E-state index < -0.39 is 0 Å². The van der Waals surface area contributed by atoms with Crippen LogP contribution in [0.15, 0.2) is 42.5 Å². The summed E-state index contributed by atoms with van der Waals surface area (Å²) in [6.45, 7) is 6.23. The van der Waals surface area contributed by atoms with E-state index in [1.165, 1.54) is 11.1 Å². The number of piperidine rings is 1. The molecule has 7 nitrogen and oxygen atoms in total. The van der Waals surface area contributed by atoms with Crippen LogP contribution in [0, 0.1) is 11.8 Å². The fourth-order valence-corrected chi connectivity index (χ4v) is 9.30. The van der Waals surface area contributed by atoms with Gasteiger partial charge in [0.25, 0.3) is 0 Å². The molecule has 43 heavy (non-hydrogen) atoms. The van der Waals surface area contributed by atoms with Gasteiger partial charge in [0, 0.05) is 53.9 Å². The fraction of sp³-hybridized carbons (Fsp3) is 0.611. The van der Waals surface area contributed by atoms with E-state index in [1.807, 2.05) is 30.3 Å². The number of ketones is 1. The van der Waals surface area contributed by atoms with Gasteiger partial charge >= 0.3 is 0 Å². The number of carbonyl (C=O) groups excluding carboxylic acids is 2. The first-order valence-corrected chi connectivity index (χ1v) is 16.5. The van der Waals surface area contributed by atoms with Crippen LogP contribution >= 0.6 is 0 Å². The van der Waals surface area contributed by atoms with Crippen LogP contribution in [0.25, 0.3) is 0 Å². The normalized spacial score (nSPS) is 31.7. The Balaban J connectivity index is 1.12. The second kappa shape index (κ2) is 11.2. The first-order valence-electron chi connectivity index (χ1n) is 16.5. The molecule has 0 aromatic heterocycles. The van der Waals surface area contributed by atoms with Gasteiger partial charge in [-0.25, -0.2) is 0 Å². The molecule has 3 aliphatic carbocycles. The summed E-state index contributed by atoms with van der Waals surface area (Å²) >= 11 is 0. The number of likely N-dealkylation sites (tertiary alicyclic amines) is 1. The van der Waals surface area contributed by atoms with Gasteiger partial charge in [-0.15, -0.1) is 0 Å². The summed E-state index contributed by atoms with van der Waals surface area (Å²) < 4.78 is 12.9. The van der Waals surface area contributed by atoms with Crippen molar-refractivity contribution >= 4 is 11.7 Å². The molecular formula is C36H46N2O5. The molecule has 2 saturated carbocycles.